The van der Waals surface area contributed by atoms with Crippen molar-refractivity contribution in [2.45, 2.75) is 103 Å². The van der Waals surface area contributed by atoms with E-state index in [2.05, 4.69) is 24.4 Å². The summed E-state index contributed by atoms with van der Waals surface area (Å²) in [6.45, 7) is 4.34. The van der Waals surface area contributed by atoms with Crippen molar-refractivity contribution in [2.75, 3.05) is 13.2 Å². The minimum Gasteiger partial charge on any atom is -0.357 e. The van der Waals surface area contributed by atoms with Crippen molar-refractivity contribution in [1.29, 1.82) is 0 Å². The highest BCUT2D eigenvalue weighted by Gasteiger charge is 2.20. The zero-order valence-corrected chi connectivity index (χ0v) is 15.0. The summed E-state index contributed by atoms with van der Waals surface area (Å²) in [4.78, 5) is 0. The molecule has 2 nitrogen and oxygen atoms in total. The van der Waals surface area contributed by atoms with Crippen molar-refractivity contribution >= 4 is 0 Å². The molecule has 22 heavy (non-hydrogen) atoms. The van der Waals surface area contributed by atoms with Crippen LogP contribution in [-0.4, -0.2) is 19.4 Å². The number of rotatable bonds is 17. The van der Waals surface area contributed by atoms with Crippen LogP contribution < -0.4 is 5.32 Å². The van der Waals surface area contributed by atoms with E-state index in [-0.39, 0.29) is 0 Å². The average molecular weight is 310 g/mol. The SMILES string of the molecule is CCCCCCCCC=CCCCCCCCCNC1CO1. The van der Waals surface area contributed by atoms with Gasteiger partial charge < -0.3 is 4.74 Å². The molecule has 1 fully saturated rings. The van der Waals surface area contributed by atoms with Crippen molar-refractivity contribution in [3.8, 4) is 0 Å². The Balaban J connectivity index is 1.65. The van der Waals surface area contributed by atoms with E-state index in [1.807, 2.05) is 0 Å². The van der Waals surface area contributed by atoms with E-state index in [9.17, 15) is 0 Å². The lowest BCUT2D eigenvalue weighted by molar-refractivity contribution is 0.366. The van der Waals surface area contributed by atoms with Gasteiger partial charge in [0, 0.05) is 0 Å². The number of hydrogen-bond donors (Lipinski definition) is 1. The first-order valence-electron chi connectivity index (χ1n) is 9.93. The molecule has 0 radical (unpaired) electrons. The zero-order valence-electron chi connectivity index (χ0n) is 15.0. The predicted octanol–water partition coefficient (Wildman–Crippen LogP) is 5.97. The lowest BCUT2D eigenvalue weighted by atomic mass is 10.1. The molecule has 1 rings (SSSR count). The molecule has 0 aromatic rings. The van der Waals surface area contributed by atoms with Crippen LogP contribution in [0.3, 0.4) is 0 Å². The van der Waals surface area contributed by atoms with Gasteiger partial charge in [-0.05, 0) is 38.6 Å². The normalized spacial score (nSPS) is 17.4. The summed E-state index contributed by atoms with van der Waals surface area (Å²) in [5, 5.41) is 3.37. The Morgan fingerprint density at radius 3 is 1.82 bits per heavy atom. The van der Waals surface area contributed by atoms with Gasteiger partial charge in [0.2, 0.25) is 0 Å². The van der Waals surface area contributed by atoms with Crippen molar-refractivity contribution in [1.82, 2.24) is 5.32 Å². The largest absolute Gasteiger partial charge is 0.357 e. The van der Waals surface area contributed by atoms with E-state index in [0.29, 0.717) is 6.23 Å². The van der Waals surface area contributed by atoms with Crippen LogP contribution in [0.25, 0.3) is 0 Å². The highest BCUT2D eigenvalue weighted by atomic mass is 16.6. The van der Waals surface area contributed by atoms with Crippen molar-refractivity contribution < 1.29 is 4.74 Å². The summed E-state index contributed by atoms with van der Waals surface area (Å²) < 4.78 is 5.12. The molecule has 0 spiro atoms. The third-order valence-corrected chi connectivity index (χ3v) is 4.39. The molecule has 0 bridgehead atoms. The molecule has 0 amide bonds. The fraction of sp³-hybridized carbons (Fsp3) is 0.900. The number of hydrogen-bond acceptors (Lipinski definition) is 2. The van der Waals surface area contributed by atoms with Crippen LogP contribution in [0.15, 0.2) is 12.2 Å². The Hall–Kier alpha value is -0.340. The molecule has 0 aromatic carbocycles. The summed E-state index contributed by atoms with van der Waals surface area (Å²) in [7, 11) is 0. The fourth-order valence-corrected chi connectivity index (χ4v) is 2.80. The number of unbranched alkanes of at least 4 members (excludes halogenated alkanes) is 12. The Morgan fingerprint density at radius 1 is 0.773 bits per heavy atom. The Labute approximate surface area is 139 Å². The van der Waals surface area contributed by atoms with Gasteiger partial charge in [-0.1, -0.05) is 76.9 Å². The van der Waals surface area contributed by atoms with Crippen molar-refractivity contribution in [3.05, 3.63) is 12.2 Å². The first-order chi connectivity index (χ1) is 10.9. The molecule has 1 atom stereocenters. The quantitative estimate of drug-likeness (QED) is 0.203. The van der Waals surface area contributed by atoms with Crippen LogP contribution in [-0.2, 0) is 4.74 Å². The molecule has 1 N–H and O–H groups in total. The number of nitrogens with one attached hydrogen (secondary N) is 1. The fourth-order valence-electron chi connectivity index (χ4n) is 2.80. The average Bonchev–Trinajstić information content (AvgIpc) is 3.34. The van der Waals surface area contributed by atoms with Gasteiger partial charge in [-0.25, -0.2) is 0 Å². The van der Waals surface area contributed by atoms with E-state index >= 15 is 0 Å². The van der Waals surface area contributed by atoms with E-state index in [1.165, 1.54) is 89.9 Å². The van der Waals surface area contributed by atoms with E-state index in [0.717, 1.165) is 13.2 Å². The van der Waals surface area contributed by atoms with Gasteiger partial charge in [0.05, 0.1) is 6.61 Å². The summed E-state index contributed by atoms with van der Waals surface area (Å²) in [6, 6.07) is 0. The second-order valence-corrected chi connectivity index (χ2v) is 6.71. The summed E-state index contributed by atoms with van der Waals surface area (Å²) in [6.07, 6.45) is 24.5. The van der Waals surface area contributed by atoms with Crippen LogP contribution in [0.1, 0.15) is 96.8 Å². The lowest BCUT2D eigenvalue weighted by Crippen LogP contribution is -2.18. The van der Waals surface area contributed by atoms with Crippen LogP contribution in [0.2, 0.25) is 0 Å². The minimum absolute atomic E-state index is 0.392. The standard InChI is InChI=1S/C20H39NO/c1-2-3-4-5-6-7-8-9-10-11-12-13-14-15-16-17-18-21-20-19-22-20/h9-10,20-21H,2-8,11-19H2,1H3. The number of epoxide rings is 1. The Bertz CT molecular complexity index is 248. The van der Waals surface area contributed by atoms with Crippen LogP contribution in [0.4, 0.5) is 0 Å². The highest BCUT2D eigenvalue weighted by molar-refractivity contribution is 4.81. The molecule has 0 saturated carbocycles. The second kappa shape index (κ2) is 15.6. The first kappa shape index (κ1) is 19.7. The summed E-state index contributed by atoms with van der Waals surface area (Å²) in [5.74, 6) is 0. The van der Waals surface area contributed by atoms with Gasteiger partial charge in [-0.15, -0.1) is 0 Å². The molecule has 0 aliphatic carbocycles. The first-order valence-corrected chi connectivity index (χ1v) is 9.93. The maximum atomic E-state index is 5.12. The molecule has 2 heteroatoms. The van der Waals surface area contributed by atoms with Gasteiger partial charge in [-0.3, -0.25) is 5.32 Å². The topological polar surface area (TPSA) is 24.6 Å². The minimum atomic E-state index is 0.392. The molecule has 1 aliphatic rings. The van der Waals surface area contributed by atoms with Crippen LogP contribution in [0.5, 0.6) is 0 Å². The molecule has 1 saturated heterocycles. The maximum absolute atomic E-state index is 5.12. The molecular weight excluding hydrogens is 270 g/mol. The third-order valence-electron chi connectivity index (χ3n) is 4.39. The smallest absolute Gasteiger partial charge is 0.132 e. The van der Waals surface area contributed by atoms with Gasteiger partial charge in [0.25, 0.3) is 0 Å². The van der Waals surface area contributed by atoms with Crippen molar-refractivity contribution in [2.24, 2.45) is 0 Å². The zero-order chi connectivity index (χ0) is 15.7. The van der Waals surface area contributed by atoms with Gasteiger partial charge in [-0.2, -0.15) is 0 Å². The molecular formula is C20H39NO. The van der Waals surface area contributed by atoms with Gasteiger partial charge >= 0.3 is 0 Å². The molecule has 1 heterocycles. The van der Waals surface area contributed by atoms with Crippen molar-refractivity contribution in [3.63, 3.8) is 0 Å². The molecule has 1 unspecified atom stereocenters. The Morgan fingerprint density at radius 2 is 1.27 bits per heavy atom. The van der Waals surface area contributed by atoms with Gasteiger partial charge in [0.1, 0.15) is 6.23 Å². The number of allylic oxidation sites excluding steroid dienone is 2. The van der Waals surface area contributed by atoms with Crippen LogP contribution >= 0.6 is 0 Å². The Kier molecular flexibility index (Phi) is 13.9. The second-order valence-electron chi connectivity index (χ2n) is 6.71. The van der Waals surface area contributed by atoms with Gasteiger partial charge in [0.15, 0.2) is 0 Å². The third kappa shape index (κ3) is 14.6. The van der Waals surface area contributed by atoms with E-state index < -0.39 is 0 Å². The van der Waals surface area contributed by atoms with E-state index in [4.69, 9.17) is 4.74 Å². The maximum Gasteiger partial charge on any atom is 0.132 e. The van der Waals surface area contributed by atoms with Crippen LogP contribution in [0, 0.1) is 0 Å². The molecule has 0 aromatic heterocycles. The lowest BCUT2D eigenvalue weighted by Gasteiger charge is -2.01. The molecule has 1 aliphatic heterocycles. The number of ether oxygens (including phenoxy) is 1. The van der Waals surface area contributed by atoms with E-state index in [1.54, 1.807) is 0 Å². The summed E-state index contributed by atoms with van der Waals surface area (Å²) in [5.41, 5.74) is 0. The predicted molar refractivity (Wildman–Crippen MR) is 97.2 cm³/mol. The monoisotopic (exact) mass is 309 g/mol. The summed E-state index contributed by atoms with van der Waals surface area (Å²) >= 11 is 0. The molecule has 130 valence electrons. The highest BCUT2D eigenvalue weighted by Crippen LogP contribution is 2.10.